The van der Waals surface area contributed by atoms with Gasteiger partial charge in [-0.2, -0.15) is 5.10 Å². The standard InChI is InChI=1S/C14H19N5/c1-3-14(19-11-16-10-18-19)4-2-13(1)17-9-12-5-7-15-8-6-12/h1-4,10-12,15,17H,5-9H2. The molecule has 0 bridgehead atoms. The second-order valence-electron chi connectivity index (χ2n) is 4.96. The lowest BCUT2D eigenvalue weighted by Crippen LogP contribution is -2.31. The molecule has 19 heavy (non-hydrogen) atoms. The van der Waals surface area contributed by atoms with E-state index >= 15 is 0 Å². The predicted molar refractivity (Wildman–Crippen MR) is 75.4 cm³/mol. The first-order valence-corrected chi connectivity index (χ1v) is 6.81. The van der Waals surface area contributed by atoms with Crippen molar-refractivity contribution in [1.82, 2.24) is 20.1 Å². The number of rotatable bonds is 4. The van der Waals surface area contributed by atoms with Gasteiger partial charge in [0.1, 0.15) is 12.7 Å². The Hall–Kier alpha value is -1.88. The van der Waals surface area contributed by atoms with Crippen LogP contribution in [0.1, 0.15) is 12.8 Å². The van der Waals surface area contributed by atoms with Crippen molar-refractivity contribution in [3.8, 4) is 5.69 Å². The molecule has 1 aromatic carbocycles. The number of hydrogen-bond donors (Lipinski definition) is 2. The summed E-state index contributed by atoms with van der Waals surface area (Å²) in [6.45, 7) is 3.36. The molecule has 0 radical (unpaired) electrons. The second kappa shape index (κ2) is 5.84. The van der Waals surface area contributed by atoms with Crippen molar-refractivity contribution in [2.24, 2.45) is 5.92 Å². The maximum Gasteiger partial charge on any atom is 0.138 e. The fourth-order valence-corrected chi connectivity index (χ4v) is 2.42. The zero-order chi connectivity index (χ0) is 12.9. The van der Waals surface area contributed by atoms with E-state index in [0.717, 1.165) is 31.2 Å². The van der Waals surface area contributed by atoms with Gasteiger partial charge in [-0.1, -0.05) is 0 Å². The van der Waals surface area contributed by atoms with E-state index < -0.39 is 0 Å². The van der Waals surface area contributed by atoms with Crippen molar-refractivity contribution >= 4 is 5.69 Å². The largest absolute Gasteiger partial charge is 0.385 e. The van der Waals surface area contributed by atoms with Crippen LogP contribution in [0.3, 0.4) is 0 Å². The monoisotopic (exact) mass is 257 g/mol. The first-order valence-electron chi connectivity index (χ1n) is 6.81. The van der Waals surface area contributed by atoms with Gasteiger partial charge in [-0.3, -0.25) is 0 Å². The number of nitrogens with one attached hydrogen (secondary N) is 2. The fraction of sp³-hybridized carbons (Fsp3) is 0.429. The molecule has 0 atom stereocenters. The molecular formula is C14H19N5. The third-order valence-corrected chi connectivity index (χ3v) is 3.60. The molecule has 3 rings (SSSR count). The van der Waals surface area contributed by atoms with Crippen molar-refractivity contribution in [2.75, 3.05) is 25.0 Å². The molecule has 2 N–H and O–H groups in total. The minimum Gasteiger partial charge on any atom is -0.385 e. The summed E-state index contributed by atoms with van der Waals surface area (Å²) in [7, 11) is 0. The molecule has 100 valence electrons. The highest BCUT2D eigenvalue weighted by Crippen LogP contribution is 2.15. The zero-order valence-corrected chi connectivity index (χ0v) is 10.9. The Balaban J connectivity index is 1.57. The quantitative estimate of drug-likeness (QED) is 0.875. The molecule has 0 saturated carbocycles. The van der Waals surface area contributed by atoms with E-state index in [2.05, 4.69) is 45.0 Å². The van der Waals surface area contributed by atoms with E-state index in [1.807, 2.05) is 0 Å². The van der Waals surface area contributed by atoms with E-state index in [1.165, 1.54) is 18.5 Å². The Kier molecular flexibility index (Phi) is 3.74. The summed E-state index contributed by atoms with van der Waals surface area (Å²) in [4.78, 5) is 3.95. The number of anilines is 1. The van der Waals surface area contributed by atoms with Crippen LogP contribution in [-0.4, -0.2) is 34.4 Å². The highest BCUT2D eigenvalue weighted by molar-refractivity contribution is 5.48. The van der Waals surface area contributed by atoms with Crippen LogP contribution in [0.4, 0.5) is 5.69 Å². The van der Waals surface area contributed by atoms with Gasteiger partial charge in [-0.15, -0.1) is 0 Å². The number of piperidine rings is 1. The third-order valence-electron chi connectivity index (χ3n) is 3.60. The van der Waals surface area contributed by atoms with E-state index in [1.54, 1.807) is 17.3 Å². The minimum absolute atomic E-state index is 0.788. The smallest absolute Gasteiger partial charge is 0.138 e. The molecule has 1 aliphatic heterocycles. The lowest BCUT2D eigenvalue weighted by atomic mass is 9.98. The second-order valence-corrected chi connectivity index (χ2v) is 4.96. The maximum absolute atomic E-state index is 4.11. The van der Waals surface area contributed by atoms with Gasteiger partial charge in [0.15, 0.2) is 0 Å². The Bertz CT molecular complexity index is 485. The van der Waals surface area contributed by atoms with Crippen LogP contribution in [0.25, 0.3) is 5.69 Å². The lowest BCUT2D eigenvalue weighted by molar-refractivity contribution is 0.390. The summed E-state index contributed by atoms with van der Waals surface area (Å²) in [6, 6.07) is 8.30. The van der Waals surface area contributed by atoms with Gasteiger partial charge in [0.2, 0.25) is 0 Å². The van der Waals surface area contributed by atoms with Crippen LogP contribution in [0, 0.1) is 5.92 Å². The lowest BCUT2D eigenvalue weighted by Gasteiger charge is -2.23. The first kappa shape index (κ1) is 12.2. The molecular weight excluding hydrogens is 238 g/mol. The SMILES string of the molecule is c1ncn(-c2ccc(NCC3CCNCC3)cc2)n1. The highest BCUT2D eigenvalue weighted by Gasteiger charge is 2.12. The van der Waals surface area contributed by atoms with Gasteiger partial charge in [0.05, 0.1) is 5.69 Å². The minimum atomic E-state index is 0.788. The molecule has 2 aromatic rings. The number of aromatic nitrogens is 3. The van der Waals surface area contributed by atoms with Crippen LogP contribution in [0.15, 0.2) is 36.9 Å². The topological polar surface area (TPSA) is 54.8 Å². The van der Waals surface area contributed by atoms with Crippen LogP contribution in [-0.2, 0) is 0 Å². The van der Waals surface area contributed by atoms with Gasteiger partial charge in [-0.25, -0.2) is 9.67 Å². The molecule has 1 saturated heterocycles. The molecule has 0 unspecified atom stereocenters. The number of hydrogen-bond acceptors (Lipinski definition) is 4. The average Bonchev–Trinajstić information content (AvgIpc) is 3.01. The molecule has 5 heteroatoms. The van der Waals surface area contributed by atoms with Crippen LogP contribution < -0.4 is 10.6 Å². The molecule has 5 nitrogen and oxygen atoms in total. The van der Waals surface area contributed by atoms with E-state index in [0.29, 0.717) is 0 Å². The summed E-state index contributed by atoms with van der Waals surface area (Å²) in [5, 5.41) is 11.0. The maximum atomic E-state index is 4.11. The highest BCUT2D eigenvalue weighted by atomic mass is 15.3. The van der Waals surface area contributed by atoms with Crippen LogP contribution in [0.5, 0.6) is 0 Å². The zero-order valence-electron chi connectivity index (χ0n) is 10.9. The fourth-order valence-electron chi connectivity index (χ4n) is 2.42. The molecule has 2 heterocycles. The summed E-state index contributed by atoms with van der Waals surface area (Å²) in [6.07, 6.45) is 5.79. The van der Waals surface area contributed by atoms with Crippen molar-refractivity contribution in [2.45, 2.75) is 12.8 Å². The normalized spacial score (nSPS) is 16.4. The summed E-state index contributed by atoms with van der Waals surface area (Å²) in [5.41, 5.74) is 2.20. The first-order chi connectivity index (χ1) is 9.42. The Morgan fingerprint density at radius 3 is 2.68 bits per heavy atom. The van der Waals surface area contributed by atoms with Gasteiger partial charge >= 0.3 is 0 Å². The summed E-state index contributed by atoms with van der Waals surface area (Å²) >= 11 is 0. The van der Waals surface area contributed by atoms with Crippen molar-refractivity contribution in [3.05, 3.63) is 36.9 Å². The Morgan fingerprint density at radius 2 is 2.00 bits per heavy atom. The Labute approximate surface area is 113 Å². The van der Waals surface area contributed by atoms with Gasteiger partial charge in [-0.05, 0) is 56.1 Å². The Morgan fingerprint density at radius 1 is 1.21 bits per heavy atom. The molecule has 1 aliphatic rings. The van der Waals surface area contributed by atoms with Crippen molar-refractivity contribution < 1.29 is 0 Å². The molecule has 1 fully saturated rings. The van der Waals surface area contributed by atoms with Crippen LogP contribution >= 0.6 is 0 Å². The average molecular weight is 257 g/mol. The van der Waals surface area contributed by atoms with Crippen molar-refractivity contribution in [3.63, 3.8) is 0 Å². The molecule has 1 aromatic heterocycles. The third kappa shape index (κ3) is 3.12. The van der Waals surface area contributed by atoms with Gasteiger partial charge in [0, 0.05) is 12.2 Å². The predicted octanol–water partition coefficient (Wildman–Crippen LogP) is 1.68. The van der Waals surface area contributed by atoms with E-state index in [9.17, 15) is 0 Å². The summed E-state index contributed by atoms with van der Waals surface area (Å²) < 4.78 is 1.76. The van der Waals surface area contributed by atoms with E-state index in [4.69, 9.17) is 0 Å². The van der Waals surface area contributed by atoms with Gasteiger partial charge < -0.3 is 10.6 Å². The molecule has 0 aliphatic carbocycles. The summed E-state index contributed by atoms with van der Waals surface area (Å²) in [5.74, 6) is 0.788. The molecule has 0 amide bonds. The number of nitrogens with zero attached hydrogens (tertiary/aromatic N) is 3. The van der Waals surface area contributed by atoms with Crippen LogP contribution in [0.2, 0.25) is 0 Å². The van der Waals surface area contributed by atoms with Gasteiger partial charge in [0.25, 0.3) is 0 Å². The number of benzene rings is 1. The molecule has 0 spiro atoms. The van der Waals surface area contributed by atoms with E-state index in [-0.39, 0.29) is 0 Å². The van der Waals surface area contributed by atoms with Crippen molar-refractivity contribution in [1.29, 1.82) is 0 Å².